The number of aliphatic hydroxyl groups excluding tert-OH is 2. The summed E-state index contributed by atoms with van der Waals surface area (Å²) >= 11 is 1.40. The second-order valence-electron chi connectivity index (χ2n) is 17.3. The number of ether oxygens (including phenoxy) is 3. The third-order valence-corrected chi connectivity index (χ3v) is 12.7. The second-order valence-corrected chi connectivity index (χ2v) is 18.3. The van der Waals surface area contributed by atoms with E-state index >= 15 is 0 Å². The van der Waals surface area contributed by atoms with Crippen LogP contribution in [0.1, 0.15) is 115 Å². The summed E-state index contributed by atoms with van der Waals surface area (Å²) in [7, 11) is 1.28. The Kier molecular flexibility index (Phi) is 17.2. The molecule has 2 aromatic carbocycles. The number of nitrogens with one attached hydrogen (secondary N) is 4. The van der Waals surface area contributed by atoms with Gasteiger partial charge in [0.15, 0.2) is 17.9 Å². The first-order valence-electron chi connectivity index (χ1n) is 21.7. The van der Waals surface area contributed by atoms with E-state index in [-0.39, 0.29) is 59.6 Å². The minimum Gasteiger partial charge on any atom is -0.507 e. The molecule has 0 unspecified atom stereocenters. The Morgan fingerprint density at radius 1 is 0.925 bits per heavy atom. The molecule has 1 fully saturated rings. The molecule has 0 saturated carbocycles. The lowest BCUT2D eigenvalue weighted by Crippen LogP contribution is -2.60. The maximum Gasteiger partial charge on any atom is 0.303 e. The number of carbonyl (C=O) groups is 8. The van der Waals surface area contributed by atoms with Crippen molar-refractivity contribution in [3.63, 3.8) is 0 Å². The van der Waals surface area contributed by atoms with Crippen molar-refractivity contribution in [3.8, 4) is 17.2 Å². The molecule has 22 heteroatoms. The smallest absolute Gasteiger partial charge is 0.303 e. The highest BCUT2D eigenvalue weighted by Crippen LogP contribution is 2.52. The van der Waals surface area contributed by atoms with Gasteiger partial charge in [0.05, 0.1) is 48.5 Å². The van der Waals surface area contributed by atoms with Crippen LogP contribution in [0.2, 0.25) is 0 Å². The van der Waals surface area contributed by atoms with Crippen molar-refractivity contribution in [2.75, 3.05) is 25.7 Å². The number of rotatable bonds is 20. The number of aromatic hydroxyl groups is 2. The number of hydrogen-bond acceptors (Lipinski definition) is 17. The fraction of sp³-hybridized carbons (Fsp3) is 0.556. The summed E-state index contributed by atoms with van der Waals surface area (Å²) in [6.07, 6.45) is -5.76. The lowest BCUT2D eigenvalue weighted by atomic mass is 9.72. The molecule has 366 valence electrons. The summed E-state index contributed by atoms with van der Waals surface area (Å²) < 4.78 is 17.6. The molecule has 10 N–H and O–H groups in total. The molecule has 2 aromatic rings. The summed E-state index contributed by atoms with van der Waals surface area (Å²) in [4.78, 5) is 105. The predicted octanol–water partition coefficient (Wildman–Crippen LogP) is 0.297. The van der Waals surface area contributed by atoms with E-state index in [2.05, 4.69) is 21.3 Å². The van der Waals surface area contributed by atoms with E-state index in [0.717, 1.165) is 0 Å². The first-order valence-corrected chi connectivity index (χ1v) is 23.1. The monoisotopic (exact) mass is 958 g/mol. The van der Waals surface area contributed by atoms with Crippen LogP contribution >= 0.6 is 11.8 Å². The lowest BCUT2D eigenvalue weighted by Gasteiger charge is -2.43. The minimum atomic E-state index is -2.43. The third-order valence-electron chi connectivity index (χ3n) is 12.0. The van der Waals surface area contributed by atoms with Gasteiger partial charge in [-0.25, -0.2) is 0 Å². The van der Waals surface area contributed by atoms with E-state index in [4.69, 9.17) is 19.3 Å². The molecule has 5 rings (SSSR count). The Bertz CT molecular complexity index is 2290. The fourth-order valence-electron chi connectivity index (χ4n) is 8.51. The zero-order valence-electron chi connectivity index (χ0n) is 37.9. The zero-order chi connectivity index (χ0) is 49.7. The van der Waals surface area contributed by atoms with Crippen molar-refractivity contribution in [3.05, 3.63) is 51.6 Å². The van der Waals surface area contributed by atoms with Crippen LogP contribution in [0.4, 0.5) is 0 Å². The number of ketones is 3. The van der Waals surface area contributed by atoms with E-state index in [1.165, 1.54) is 50.9 Å². The molecule has 9 atom stereocenters. The van der Waals surface area contributed by atoms with Crippen LogP contribution in [0.5, 0.6) is 17.2 Å². The van der Waals surface area contributed by atoms with E-state index in [1.807, 2.05) is 0 Å². The largest absolute Gasteiger partial charge is 0.507 e. The molecule has 0 spiro atoms. The normalized spacial score (nSPS) is 23.4. The first-order chi connectivity index (χ1) is 31.6. The fourth-order valence-corrected chi connectivity index (χ4v) is 8.98. The van der Waals surface area contributed by atoms with Crippen LogP contribution in [0.3, 0.4) is 0 Å². The van der Waals surface area contributed by atoms with Crippen LogP contribution in [0.25, 0.3) is 0 Å². The standard InChI is InChI=1S/C45H58N4O17S/c1-19(2)14-26(49-42(60)20(3)46-43(61)24(12-13-67-6)47-30(52)10-11-31(53)54)44(62)48-25-15-32(65-21(4)37(25)55)66-28-17-45(63,29(51)18-50)16-23-34(28)41(59)36-35(39(23)57)38(56)22-8-7-9-27(64-5)33(22)40(36)58/h7-9,19-21,24-26,28,32,37,50,55,57,59,63H,10-18H2,1-6H3,(H,46,61)(H,47,52)(H,48,62)(H,49,60)(H,53,54)/t20-,21-,24-,25-,26-,28-,32-,37+,45-/m0/s1. The van der Waals surface area contributed by atoms with Crippen molar-refractivity contribution >= 4 is 58.7 Å². The number of carboxylic acids is 1. The van der Waals surface area contributed by atoms with Crippen molar-refractivity contribution in [2.24, 2.45) is 5.92 Å². The van der Waals surface area contributed by atoms with E-state index in [1.54, 1.807) is 20.1 Å². The van der Waals surface area contributed by atoms with Gasteiger partial charge in [0.25, 0.3) is 0 Å². The number of benzene rings is 2. The molecule has 1 aliphatic heterocycles. The third kappa shape index (κ3) is 11.6. The van der Waals surface area contributed by atoms with Gasteiger partial charge >= 0.3 is 5.97 Å². The van der Waals surface area contributed by atoms with Crippen LogP contribution in [-0.2, 0) is 44.7 Å². The highest BCUT2D eigenvalue weighted by atomic mass is 32.2. The van der Waals surface area contributed by atoms with Crippen molar-refractivity contribution in [1.82, 2.24) is 21.3 Å². The number of aliphatic carboxylic acids is 1. The van der Waals surface area contributed by atoms with Gasteiger partial charge in [-0.05, 0) is 50.7 Å². The molecule has 3 aliphatic rings. The number of amides is 4. The molecular formula is C45H58N4O17S. The highest BCUT2D eigenvalue weighted by Gasteiger charge is 2.50. The number of methoxy groups -OCH3 is 1. The molecule has 0 aromatic heterocycles. The topological polar surface area (TPSA) is 334 Å². The maximum absolute atomic E-state index is 14.1. The van der Waals surface area contributed by atoms with Crippen molar-refractivity contribution in [2.45, 2.75) is 127 Å². The Hall–Kier alpha value is -5.65. The van der Waals surface area contributed by atoms with Gasteiger partial charge in [-0.2, -0.15) is 11.8 Å². The maximum atomic E-state index is 14.1. The molecular weight excluding hydrogens is 901 g/mol. The van der Waals surface area contributed by atoms with Gasteiger partial charge in [-0.3, -0.25) is 38.4 Å². The number of thioether (sulfide) groups is 1. The van der Waals surface area contributed by atoms with Crippen LogP contribution in [-0.4, -0.2) is 152 Å². The van der Waals surface area contributed by atoms with Crippen molar-refractivity contribution < 1.29 is 83.2 Å². The molecule has 67 heavy (non-hydrogen) atoms. The number of phenolic OH excluding ortho intramolecular Hbond substituents is 2. The summed E-state index contributed by atoms with van der Waals surface area (Å²) in [5.41, 5.74) is -4.46. The van der Waals surface area contributed by atoms with Crippen LogP contribution in [0, 0.1) is 5.92 Å². The van der Waals surface area contributed by atoms with Gasteiger partial charge in [0.2, 0.25) is 29.4 Å². The average Bonchev–Trinajstić information content (AvgIpc) is 3.27. The number of fused-ring (bicyclic) bond motifs is 3. The number of phenols is 2. The first kappa shape index (κ1) is 52.3. The number of aliphatic hydroxyl groups is 3. The molecule has 4 amide bonds. The van der Waals surface area contributed by atoms with E-state index in [0.29, 0.717) is 5.75 Å². The summed E-state index contributed by atoms with van der Waals surface area (Å²) in [5.74, 6) is -8.14. The number of hydrogen-bond donors (Lipinski definition) is 10. The van der Waals surface area contributed by atoms with Gasteiger partial charge in [-0.1, -0.05) is 26.0 Å². The van der Waals surface area contributed by atoms with Gasteiger partial charge in [0.1, 0.15) is 53.7 Å². The van der Waals surface area contributed by atoms with Gasteiger partial charge < -0.3 is 66.1 Å². The lowest BCUT2D eigenvalue weighted by molar-refractivity contribution is -0.249. The zero-order valence-corrected chi connectivity index (χ0v) is 38.7. The summed E-state index contributed by atoms with van der Waals surface area (Å²) in [5, 5.41) is 75.7. The molecule has 0 bridgehead atoms. The number of carbonyl (C=O) groups excluding carboxylic acids is 7. The Morgan fingerprint density at radius 2 is 1.61 bits per heavy atom. The van der Waals surface area contributed by atoms with Crippen molar-refractivity contribution in [1.29, 1.82) is 0 Å². The number of carboxylic acid groups (broad SMARTS) is 1. The highest BCUT2D eigenvalue weighted by molar-refractivity contribution is 7.98. The molecule has 2 aliphatic carbocycles. The van der Waals surface area contributed by atoms with E-state index < -0.39 is 150 Å². The molecule has 21 nitrogen and oxygen atoms in total. The molecule has 1 heterocycles. The predicted molar refractivity (Wildman–Crippen MR) is 236 cm³/mol. The van der Waals surface area contributed by atoms with Crippen LogP contribution < -0.4 is 26.0 Å². The Balaban J connectivity index is 1.37. The van der Waals surface area contributed by atoms with E-state index in [9.17, 15) is 63.9 Å². The second kappa shape index (κ2) is 22.0. The average molecular weight is 959 g/mol. The van der Waals surface area contributed by atoms with Crippen LogP contribution in [0.15, 0.2) is 18.2 Å². The van der Waals surface area contributed by atoms with Gasteiger partial charge in [-0.15, -0.1) is 0 Å². The Morgan fingerprint density at radius 3 is 2.24 bits per heavy atom. The summed E-state index contributed by atoms with van der Waals surface area (Å²) in [6.45, 7) is 5.29. The molecule has 0 radical (unpaired) electrons. The van der Waals surface area contributed by atoms with Gasteiger partial charge in [0, 0.05) is 42.4 Å². The number of Topliss-reactive ketones (excluding diaryl/α,β-unsaturated/α-hetero) is 1. The quantitative estimate of drug-likeness (QED) is 0.0681. The minimum absolute atomic E-state index is 0.0198. The Labute approximate surface area is 389 Å². The SMILES string of the molecule is COc1cccc2c1C(=O)c1c(O)c3c(c(O)c1C2=O)C[C@@](O)(C(=O)CO)C[C@@H]3O[C@H]1C[C@H](NC(=O)[C@H](CC(C)C)NC(=O)[C@H](C)NC(=O)[C@H](CCSC)NC(=O)CCC(=O)O)[C@H](O)[C@H](C)O1. The summed E-state index contributed by atoms with van der Waals surface area (Å²) in [6, 6.07) is -0.408. The molecule has 1 saturated heterocycles.